The van der Waals surface area contributed by atoms with Crippen LogP contribution in [0, 0.1) is 0 Å². The van der Waals surface area contributed by atoms with Crippen LogP contribution in [0.5, 0.6) is 11.5 Å². The van der Waals surface area contributed by atoms with Crippen molar-refractivity contribution in [1.82, 2.24) is 5.32 Å². The Balaban J connectivity index is 1.45. The maximum Gasteiger partial charge on any atom is 0.351 e. The highest BCUT2D eigenvalue weighted by Crippen LogP contribution is 2.38. The summed E-state index contributed by atoms with van der Waals surface area (Å²) in [6, 6.07) is -0.200. The molecule has 1 aromatic carbocycles. The van der Waals surface area contributed by atoms with E-state index in [1.54, 1.807) is 0 Å². The van der Waals surface area contributed by atoms with Crippen LogP contribution in [0.1, 0.15) is 18.4 Å². The average Bonchev–Trinajstić information content (AvgIpc) is 3.49. The number of allylic oxidation sites excluding steroid dienone is 1. The highest BCUT2D eigenvalue weighted by Gasteiger charge is 2.53. The molecule has 5 rings (SSSR count). The van der Waals surface area contributed by atoms with Crippen molar-refractivity contribution < 1.29 is 109 Å². The van der Waals surface area contributed by atoms with Gasteiger partial charge in [0.2, 0.25) is 6.29 Å². The van der Waals surface area contributed by atoms with Gasteiger partial charge < -0.3 is 90.0 Å². The summed E-state index contributed by atoms with van der Waals surface area (Å²) in [6.07, 6.45) is -17.5. The summed E-state index contributed by atoms with van der Waals surface area (Å²) < 4.78 is 27.7. The number of quaternary nitrogens is 1. The molecular weight excluding hydrogens is 760 g/mol. The highest BCUT2D eigenvalue weighted by molar-refractivity contribution is 5.90. The minimum Gasteiger partial charge on any atom is -0.544 e. The number of aromatic hydroxyl groups is 1. The van der Waals surface area contributed by atoms with E-state index in [0.29, 0.717) is 0 Å². The van der Waals surface area contributed by atoms with Gasteiger partial charge in [0.05, 0.1) is 13.2 Å². The number of aliphatic hydroxyl groups excluding tert-OH is 6. The molecule has 1 unspecified atom stereocenters. The van der Waals surface area contributed by atoms with Gasteiger partial charge in [0.15, 0.2) is 30.0 Å². The Morgan fingerprint density at radius 1 is 0.893 bits per heavy atom. The number of benzene rings is 1. The summed E-state index contributed by atoms with van der Waals surface area (Å²) in [5, 5.41) is 116. The normalized spacial score (nSPS) is 34.8. The van der Waals surface area contributed by atoms with Crippen molar-refractivity contribution in [3.8, 4) is 11.5 Å². The minimum absolute atomic E-state index is 0.131. The van der Waals surface area contributed by atoms with Gasteiger partial charge >= 0.3 is 23.9 Å². The van der Waals surface area contributed by atoms with Crippen molar-refractivity contribution in [3.63, 3.8) is 0 Å². The van der Waals surface area contributed by atoms with Crippen LogP contribution in [0.15, 0.2) is 35.6 Å². The number of carbonyl (C=O) groups is 5. The van der Waals surface area contributed by atoms with Crippen LogP contribution in [-0.2, 0) is 49.3 Å². The maximum absolute atomic E-state index is 12.3. The Morgan fingerprint density at radius 2 is 1.57 bits per heavy atom. The molecule has 0 aliphatic carbocycles. The van der Waals surface area contributed by atoms with E-state index in [1.807, 2.05) is 0 Å². The molecule has 2 saturated heterocycles. The number of esters is 1. The van der Waals surface area contributed by atoms with E-state index in [-0.39, 0.29) is 46.8 Å². The van der Waals surface area contributed by atoms with Crippen LogP contribution in [0.2, 0.25) is 0 Å². The summed E-state index contributed by atoms with van der Waals surface area (Å²) >= 11 is 0. The molecule has 1 aromatic rings. The first-order chi connectivity index (χ1) is 26.4. The topological polar surface area (TPSA) is 373 Å². The molecule has 12 N–H and O–H groups in total. The minimum atomic E-state index is -2.09. The molecule has 23 heteroatoms. The number of hydrogen-bond acceptors (Lipinski definition) is 19. The number of carboxylic acids is 4. The molecule has 2 fully saturated rings. The van der Waals surface area contributed by atoms with E-state index < -0.39 is 134 Å². The van der Waals surface area contributed by atoms with E-state index in [0.717, 1.165) is 6.07 Å². The lowest BCUT2D eigenvalue weighted by Crippen LogP contribution is -3.11. The molecule has 0 amide bonds. The van der Waals surface area contributed by atoms with Crippen LogP contribution < -0.4 is 20.1 Å². The molecule has 13 atom stereocenters. The van der Waals surface area contributed by atoms with Crippen molar-refractivity contribution in [2.24, 2.45) is 0 Å². The number of hydrogen-bond donors (Lipinski definition) is 12. The predicted molar refractivity (Wildman–Crippen MR) is 172 cm³/mol. The lowest BCUT2D eigenvalue weighted by atomic mass is 9.97. The van der Waals surface area contributed by atoms with Crippen molar-refractivity contribution >= 4 is 35.5 Å². The van der Waals surface area contributed by atoms with Crippen LogP contribution >= 0.6 is 0 Å². The van der Waals surface area contributed by atoms with E-state index >= 15 is 0 Å². The Morgan fingerprint density at radius 3 is 2.18 bits per heavy atom. The molecule has 4 aliphatic heterocycles. The maximum atomic E-state index is 12.3. The standard InChI is InChI=1S/C33H40N2O21/c36-9-19-23(42)24(43)25(44)32(53-19)56-28-26(45)27(55-22(41)8-21(39)40)20(10-37)54-33(28)52-18-6-12-5-16(31(50)51)35(15(12)7-17(18)38)2-1-11-3-13(29(46)47)34-14(4-11)30(48)49/h1,3,6-7,14,16,19-20,23-28,32-34,36-38,42-45H,2,4-5,8-10H2,(H,39,40)(H,46,47)(H,48,49)(H,50,51)/t14-,16-,19-,20-,23-,24+,25-,26+,27-,28-,32+,33-/m1/s1. The van der Waals surface area contributed by atoms with Crippen molar-refractivity contribution in [2.45, 2.75) is 92.8 Å². The molecule has 56 heavy (non-hydrogen) atoms. The van der Waals surface area contributed by atoms with Gasteiger partial charge in [-0.25, -0.2) is 9.59 Å². The zero-order valence-corrected chi connectivity index (χ0v) is 28.9. The van der Waals surface area contributed by atoms with Crippen LogP contribution in [-0.4, -0.2) is 174 Å². The predicted octanol–water partition coefficient (Wildman–Crippen LogP) is -7.05. The average molecular weight is 801 g/mol. The summed E-state index contributed by atoms with van der Waals surface area (Å²) in [5.74, 6) is -8.26. The fourth-order valence-corrected chi connectivity index (χ4v) is 6.80. The van der Waals surface area contributed by atoms with E-state index in [4.69, 9.17) is 28.8 Å². The van der Waals surface area contributed by atoms with Gasteiger partial charge in [-0.2, -0.15) is 0 Å². The van der Waals surface area contributed by atoms with E-state index in [1.165, 1.54) is 18.2 Å². The largest absolute Gasteiger partial charge is 0.544 e. The zero-order chi connectivity index (χ0) is 41.2. The molecule has 0 saturated carbocycles. The van der Waals surface area contributed by atoms with Crippen molar-refractivity contribution in [2.75, 3.05) is 19.8 Å². The second-order valence-corrected chi connectivity index (χ2v) is 13.3. The molecule has 0 bridgehead atoms. The lowest BCUT2D eigenvalue weighted by molar-refractivity contribution is -0.840. The highest BCUT2D eigenvalue weighted by atomic mass is 16.8. The van der Waals surface area contributed by atoms with Crippen LogP contribution in [0.4, 0.5) is 5.69 Å². The number of carboxylic acid groups (broad SMARTS) is 4. The van der Waals surface area contributed by atoms with Crippen LogP contribution in [0.3, 0.4) is 0 Å². The number of phenolic OH excluding ortho intramolecular Hbond substituents is 1. The summed E-state index contributed by atoms with van der Waals surface area (Å²) in [7, 11) is 0. The SMILES string of the molecule is O=C(O)CC(=O)O[C@H]1[C@H](O)[C@@H](O[C@@H]2O[C@H](CO)[C@@H](O)[C@H](O)[C@H]2O)[C@H](Oc2cc3c(cc2O)[NH+](CC=C2C=C(C(=O)O)N[C@@H](C(=O)O)C2)[C@@H](C(=O)[O-])C3)O[C@@H]1CO. The molecule has 23 nitrogen and oxygen atoms in total. The third-order valence-electron chi connectivity index (χ3n) is 9.61. The Hall–Kier alpha value is -4.95. The Kier molecular flexibility index (Phi) is 13.2. The molecule has 308 valence electrons. The number of phenols is 1. The second-order valence-electron chi connectivity index (χ2n) is 13.3. The number of fused-ring (bicyclic) bond motifs is 1. The van der Waals surface area contributed by atoms with Crippen LogP contribution in [0.25, 0.3) is 0 Å². The van der Waals surface area contributed by atoms with Gasteiger partial charge in [-0.1, -0.05) is 0 Å². The fraction of sp³-hybridized carbons (Fsp3) is 0.545. The zero-order valence-electron chi connectivity index (χ0n) is 28.9. The molecule has 0 radical (unpaired) electrons. The van der Waals surface area contributed by atoms with Gasteiger partial charge in [0.1, 0.15) is 79.0 Å². The molecule has 4 aliphatic rings. The molecule has 0 spiro atoms. The number of rotatable bonds is 14. The lowest BCUT2D eigenvalue weighted by Gasteiger charge is -2.46. The van der Waals surface area contributed by atoms with E-state index in [9.17, 15) is 75.0 Å². The number of nitrogens with one attached hydrogen (secondary N) is 2. The monoisotopic (exact) mass is 800 g/mol. The first-order valence-corrected chi connectivity index (χ1v) is 17.0. The number of aliphatic hydroxyl groups is 6. The number of carbonyl (C=O) groups excluding carboxylic acids is 2. The Bertz CT molecular complexity index is 1750. The number of ether oxygens (including phenoxy) is 5. The third kappa shape index (κ3) is 9.02. The van der Waals surface area contributed by atoms with Gasteiger partial charge in [-0.05, 0) is 23.8 Å². The molecular formula is C33H40N2O21. The van der Waals surface area contributed by atoms with Gasteiger partial charge in [-0.3, -0.25) is 14.5 Å². The smallest absolute Gasteiger partial charge is 0.351 e. The third-order valence-corrected chi connectivity index (χ3v) is 9.61. The quantitative estimate of drug-likeness (QED) is 0.0614. The molecule has 0 aromatic heterocycles. The first kappa shape index (κ1) is 42.2. The summed E-state index contributed by atoms with van der Waals surface area (Å²) in [4.78, 5) is 59.0. The van der Waals surface area contributed by atoms with Gasteiger partial charge in [-0.15, -0.1) is 0 Å². The van der Waals surface area contributed by atoms with Gasteiger partial charge in [0, 0.05) is 24.5 Å². The second kappa shape index (κ2) is 17.5. The fourth-order valence-electron chi connectivity index (χ4n) is 6.80. The van der Waals surface area contributed by atoms with Gasteiger partial charge in [0.25, 0.3) is 0 Å². The number of aliphatic carboxylic acids is 4. The van der Waals surface area contributed by atoms with Crippen molar-refractivity contribution in [1.29, 1.82) is 0 Å². The summed E-state index contributed by atoms with van der Waals surface area (Å²) in [5.41, 5.74) is 0.390. The van der Waals surface area contributed by atoms with E-state index in [2.05, 4.69) is 5.32 Å². The Labute approximate surface area is 314 Å². The molecule has 4 heterocycles. The first-order valence-electron chi connectivity index (χ1n) is 17.0. The van der Waals surface area contributed by atoms with Crippen molar-refractivity contribution in [3.05, 3.63) is 41.1 Å². The summed E-state index contributed by atoms with van der Waals surface area (Å²) in [6.45, 7) is -1.98.